The monoisotopic (exact) mass is 301 g/mol. The number of carbonyl (C=O) groups excluding carboxylic acids is 1. The Morgan fingerprint density at radius 1 is 1.18 bits per heavy atom. The molecule has 1 fully saturated rings. The molecule has 116 valence electrons. The van der Waals surface area contributed by atoms with Crippen LogP contribution in [0, 0.1) is 0 Å². The summed E-state index contributed by atoms with van der Waals surface area (Å²) in [4.78, 5) is 14.4. The predicted octanol–water partition coefficient (Wildman–Crippen LogP) is 3.09. The Hall–Kier alpha value is -2.27. The molecule has 0 bridgehead atoms. The Morgan fingerprint density at radius 2 is 1.95 bits per heavy atom. The largest absolute Gasteiger partial charge is 0.467 e. The number of nitrogens with zero attached hydrogens (tertiary/aromatic N) is 1. The van der Waals surface area contributed by atoms with Crippen LogP contribution in [0.1, 0.15) is 24.4 Å². The highest BCUT2D eigenvalue weighted by atomic mass is 16.5. The van der Waals surface area contributed by atoms with Gasteiger partial charge >= 0.3 is 0 Å². The highest BCUT2D eigenvalue weighted by Crippen LogP contribution is 2.19. The molecule has 0 N–H and O–H groups in total. The van der Waals surface area contributed by atoms with Crippen molar-refractivity contribution < 1.29 is 18.4 Å². The van der Waals surface area contributed by atoms with Gasteiger partial charge in [-0.2, -0.15) is 0 Å². The van der Waals surface area contributed by atoms with Crippen molar-refractivity contribution in [1.82, 2.24) is 4.90 Å². The maximum Gasteiger partial charge on any atom is 0.247 e. The topological polar surface area (TPSA) is 55.8 Å². The fraction of sp³-hybridized carbons (Fsp3) is 0.353. The number of carbonyl (C=O) groups is 1. The van der Waals surface area contributed by atoms with Gasteiger partial charge < -0.3 is 18.5 Å². The molecule has 0 atom stereocenters. The summed E-state index contributed by atoms with van der Waals surface area (Å²) in [5.74, 6) is 1.41. The quantitative estimate of drug-likeness (QED) is 0.796. The zero-order chi connectivity index (χ0) is 15.2. The first-order valence-corrected chi connectivity index (χ1v) is 7.45. The lowest BCUT2D eigenvalue weighted by atomic mass is 10.1. The summed E-state index contributed by atoms with van der Waals surface area (Å²) in [6.07, 6.45) is 8.15. The number of hydrogen-bond donors (Lipinski definition) is 0. The maximum atomic E-state index is 12.6. The molecule has 1 aliphatic rings. The van der Waals surface area contributed by atoms with Crippen LogP contribution in [0.15, 0.2) is 51.7 Å². The molecule has 3 rings (SSSR count). The van der Waals surface area contributed by atoms with Crippen molar-refractivity contribution in [2.45, 2.75) is 25.4 Å². The van der Waals surface area contributed by atoms with Crippen molar-refractivity contribution in [2.75, 3.05) is 13.2 Å². The zero-order valence-corrected chi connectivity index (χ0v) is 12.3. The minimum Gasteiger partial charge on any atom is -0.467 e. The standard InChI is InChI=1S/C17H19NO4/c19-17(6-5-15-3-1-9-21-15)18(13-16-4-2-10-22-16)14-7-11-20-12-8-14/h1-6,9-10,14H,7-8,11-13H2/b6-5+. The fourth-order valence-corrected chi connectivity index (χ4v) is 2.59. The van der Waals surface area contributed by atoms with Crippen LogP contribution in [0.2, 0.25) is 0 Å². The summed E-state index contributed by atoms with van der Waals surface area (Å²) in [6, 6.07) is 7.50. The van der Waals surface area contributed by atoms with Gasteiger partial charge in [0.05, 0.1) is 19.1 Å². The second-order valence-electron chi connectivity index (χ2n) is 5.24. The minimum absolute atomic E-state index is 0.0419. The lowest BCUT2D eigenvalue weighted by Gasteiger charge is -2.33. The first-order chi connectivity index (χ1) is 10.8. The van der Waals surface area contributed by atoms with Crippen molar-refractivity contribution in [2.24, 2.45) is 0 Å². The number of furan rings is 2. The van der Waals surface area contributed by atoms with E-state index in [0.717, 1.165) is 18.6 Å². The van der Waals surface area contributed by atoms with Gasteiger partial charge in [0.1, 0.15) is 11.5 Å². The molecular formula is C17H19NO4. The smallest absolute Gasteiger partial charge is 0.247 e. The Labute approximate surface area is 129 Å². The second kappa shape index (κ2) is 7.13. The van der Waals surface area contributed by atoms with Gasteiger partial charge in [0, 0.05) is 25.3 Å². The lowest BCUT2D eigenvalue weighted by Crippen LogP contribution is -2.42. The Balaban J connectivity index is 1.72. The molecule has 1 aliphatic heterocycles. The van der Waals surface area contributed by atoms with E-state index in [-0.39, 0.29) is 11.9 Å². The molecule has 0 radical (unpaired) electrons. The van der Waals surface area contributed by atoms with Crippen LogP contribution >= 0.6 is 0 Å². The molecule has 3 heterocycles. The van der Waals surface area contributed by atoms with Crippen molar-refractivity contribution in [1.29, 1.82) is 0 Å². The van der Waals surface area contributed by atoms with Gasteiger partial charge in [0.25, 0.3) is 0 Å². The van der Waals surface area contributed by atoms with Crippen molar-refractivity contribution in [3.63, 3.8) is 0 Å². The van der Waals surface area contributed by atoms with Crippen LogP contribution in [0.3, 0.4) is 0 Å². The first-order valence-electron chi connectivity index (χ1n) is 7.45. The average molecular weight is 301 g/mol. The lowest BCUT2D eigenvalue weighted by molar-refractivity contribution is -0.131. The molecule has 2 aromatic heterocycles. The van der Waals surface area contributed by atoms with Crippen LogP contribution in [-0.4, -0.2) is 30.1 Å². The maximum absolute atomic E-state index is 12.6. The molecule has 0 unspecified atom stereocenters. The second-order valence-corrected chi connectivity index (χ2v) is 5.24. The van der Waals surface area contributed by atoms with E-state index in [1.54, 1.807) is 30.7 Å². The summed E-state index contributed by atoms with van der Waals surface area (Å²) in [6.45, 7) is 1.85. The molecule has 1 saturated heterocycles. The normalized spacial score (nSPS) is 16.2. The molecule has 2 aromatic rings. The first kappa shape index (κ1) is 14.7. The summed E-state index contributed by atoms with van der Waals surface area (Å²) < 4.78 is 16.0. The number of rotatable bonds is 5. The van der Waals surface area contributed by atoms with Gasteiger partial charge in [-0.05, 0) is 43.2 Å². The molecule has 1 amide bonds. The van der Waals surface area contributed by atoms with Gasteiger partial charge in [-0.1, -0.05) is 0 Å². The van der Waals surface area contributed by atoms with Gasteiger partial charge in [0.15, 0.2) is 0 Å². The summed E-state index contributed by atoms with van der Waals surface area (Å²) in [5.41, 5.74) is 0. The van der Waals surface area contributed by atoms with E-state index in [1.165, 1.54) is 0 Å². The third-order valence-electron chi connectivity index (χ3n) is 3.75. The average Bonchev–Trinajstić information content (AvgIpc) is 3.24. The van der Waals surface area contributed by atoms with E-state index >= 15 is 0 Å². The van der Waals surface area contributed by atoms with Crippen LogP contribution in [0.25, 0.3) is 6.08 Å². The summed E-state index contributed by atoms with van der Waals surface area (Å²) in [7, 11) is 0. The highest BCUT2D eigenvalue weighted by Gasteiger charge is 2.25. The Bertz CT molecular complexity index is 595. The fourth-order valence-electron chi connectivity index (χ4n) is 2.59. The third kappa shape index (κ3) is 3.68. The molecule has 0 saturated carbocycles. The van der Waals surface area contributed by atoms with E-state index in [4.69, 9.17) is 13.6 Å². The van der Waals surface area contributed by atoms with Crippen LogP contribution in [0.4, 0.5) is 0 Å². The predicted molar refractivity (Wildman–Crippen MR) is 80.8 cm³/mol. The molecule has 0 aliphatic carbocycles. The SMILES string of the molecule is O=C(/C=C/c1ccco1)N(Cc1ccco1)C1CCOCC1. The molecule has 22 heavy (non-hydrogen) atoms. The minimum atomic E-state index is -0.0419. The number of amides is 1. The van der Waals surface area contributed by atoms with E-state index in [1.807, 2.05) is 23.1 Å². The number of ether oxygens (including phenoxy) is 1. The van der Waals surface area contributed by atoms with Gasteiger partial charge in [0.2, 0.25) is 5.91 Å². The molecular weight excluding hydrogens is 282 g/mol. The van der Waals surface area contributed by atoms with Gasteiger partial charge in [-0.25, -0.2) is 0 Å². The van der Waals surface area contributed by atoms with E-state index in [9.17, 15) is 4.79 Å². The van der Waals surface area contributed by atoms with E-state index in [2.05, 4.69) is 0 Å². The third-order valence-corrected chi connectivity index (χ3v) is 3.75. The summed E-state index contributed by atoms with van der Waals surface area (Å²) >= 11 is 0. The van der Waals surface area contributed by atoms with Crippen molar-refractivity contribution >= 4 is 12.0 Å². The van der Waals surface area contributed by atoms with Crippen LogP contribution in [-0.2, 0) is 16.1 Å². The van der Waals surface area contributed by atoms with Gasteiger partial charge in [-0.3, -0.25) is 4.79 Å². The van der Waals surface area contributed by atoms with Crippen LogP contribution in [0.5, 0.6) is 0 Å². The molecule has 5 nitrogen and oxygen atoms in total. The number of hydrogen-bond acceptors (Lipinski definition) is 4. The zero-order valence-electron chi connectivity index (χ0n) is 12.3. The van der Waals surface area contributed by atoms with Crippen molar-refractivity contribution in [3.05, 3.63) is 54.4 Å². The van der Waals surface area contributed by atoms with E-state index < -0.39 is 0 Å². The summed E-state index contributed by atoms with van der Waals surface area (Å²) in [5, 5.41) is 0. The molecule has 0 aromatic carbocycles. The molecule has 0 spiro atoms. The van der Waals surface area contributed by atoms with Gasteiger partial charge in [-0.15, -0.1) is 0 Å². The van der Waals surface area contributed by atoms with Crippen molar-refractivity contribution in [3.8, 4) is 0 Å². The Kier molecular flexibility index (Phi) is 4.75. The Morgan fingerprint density at radius 3 is 2.64 bits per heavy atom. The highest BCUT2D eigenvalue weighted by molar-refractivity contribution is 5.91. The van der Waals surface area contributed by atoms with Crippen LogP contribution < -0.4 is 0 Å². The van der Waals surface area contributed by atoms with E-state index in [0.29, 0.717) is 25.5 Å². The molecule has 5 heteroatoms.